The van der Waals surface area contributed by atoms with E-state index in [1.54, 1.807) is 6.07 Å². The second-order valence-electron chi connectivity index (χ2n) is 6.13. The summed E-state index contributed by atoms with van der Waals surface area (Å²) >= 11 is 3.45. The SMILES string of the molecule is CCC1CC2C(=O)N(c3cc(N)c(C)cc3Br)C(=O)C2C1. The minimum absolute atomic E-state index is 0.0649. The fourth-order valence-electron chi connectivity index (χ4n) is 3.55. The maximum absolute atomic E-state index is 12.7. The molecule has 1 saturated heterocycles. The van der Waals surface area contributed by atoms with Crippen LogP contribution in [0.5, 0.6) is 0 Å². The molecule has 2 atom stereocenters. The highest BCUT2D eigenvalue weighted by Crippen LogP contribution is 2.47. The number of rotatable bonds is 2. The smallest absolute Gasteiger partial charge is 0.237 e. The summed E-state index contributed by atoms with van der Waals surface area (Å²) in [4.78, 5) is 26.6. The fourth-order valence-corrected chi connectivity index (χ4v) is 4.18. The van der Waals surface area contributed by atoms with E-state index < -0.39 is 0 Å². The molecule has 1 aliphatic heterocycles. The van der Waals surface area contributed by atoms with Gasteiger partial charge >= 0.3 is 0 Å². The summed E-state index contributed by atoms with van der Waals surface area (Å²) < 4.78 is 0.739. The van der Waals surface area contributed by atoms with Crippen LogP contribution in [0.3, 0.4) is 0 Å². The molecule has 0 aromatic heterocycles. The van der Waals surface area contributed by atoms with Crippen molar-refractivity contribution in [3.05, 3.63) is 22.2 Å². The monoisotopic (exact) mass is 350 g/mol. The molecule has 4 nitrogen and oxygen atoms in total. The van der Waals surface area contributed by atoms with Gasteiger partial charge in [-0.1, -0.05) is 13.3 Å². The van der Waals surface area contributed by atoms with Gasteiger partial charge in [-0.2, -0.15) is 0 Å². The summed E-state index contributed by atoms with van der Waals surface area (Å²) in [7, 11) is 0. The number of carbonyl (C=O) groups is 2. The van der Waals surface area contributed by atoms with Gasteiger partial charge in [-0.15, -0.1) is 0 Å². The number of halogens is 1. The standard InChI is InChI=1S/C16H19BrN2O2/c1-3-9-5-10-11(6-9)16(21)19(15(10)20)14-7-13(18)8(2)4-12(14)17/h4,7,9-11H,3,5-6,18H2,1-2H3. The largest absolute Gasteiger partial charge is 0.398 e. The third-order valence-corrected chi connectivity index (χ3v) is 5.52. The second-order valence-corrected chi connectivity index (χ2v) is 6.99. The lowest BCUT2D eigenvalue weighted by atomic mass is 10.00. The van der Waals surface area contributed by atoms with E-state index in [-0.39, 0.29) is 23.7 Å². The van der Waals surface area contributed by atoms with Crippen LogP contribution in [0.15, 0.2) is 16.6 Å². The number of anilines is 2. The Bertz CT molecular complexity index is 605. The Kier molecular flexibility index (Phi) is 3.56. The molecule has 21 heavy (non-hydrogen) atoms. The van der Waals surface area contributed by atoms with Gasteiger partial charge in [0.1, 0.15) is 0 Å². The van der Waals surface area contributed by atoms with Gasteiger partial charge < -0.3 is 5.73 Å². The van der Waals surface area contributed by atoms with Crippen molar-refractivity contribution in [2.75, 3.05) is 10.6 Å². The number of carbonyl (C=O) groups excluding carboxylic acids is 2. The molecule has 0 spiro atoms. The van der Waals surface area contributed by atoms with Crippen LogP contribution in [-0.4, -0.2) is 11.8 Å². The zero-order chi connectivity index (χ0) is 15.3. The summed E-state index contributed by atoms with van der Waals surface area (Å²) in [5, 5.41) is 0. The molecule has 1 aliphatic carbocycles. The van der Waals surface area contributed by atoms with Crippen LogP contribution in [0.1, 0.15) is 31.7 Å². The molecule has 1 aromatic rings. The number of imide groups is 1. The minimum Gasteiger partial charge on any atom is -0.398 e. The number of fused-ring (bicyclic) bond motifs is 1. The zero-order valence-electron chi connectivity index (χ0n) is 12.2. The van der Waals surface area contributed by atoms with Gasteiger partial charge in [0.2, 0.25) is 11.8 Å². The molecule has 1 heterocycles. The average Bonchev–Trinajstić information content (AvgIpc) is 2.96. The lowest BCUT2D eigenvalue weighted by Crippen LogP contribution is -2.32. The Hall–Kier alpha value is -1.36. The van der Waals surface area contributed by atoms with E-state index in [0.29, 0.717) is 17.3 Å². The molecule has 0 bridgehead atoms. The molecule has 2 N–H and O–H groups in total. The molecule has 1 aromatic carbocycles. The summed E-state index contributed by atoms with van der Waals surface area (Å²) in [6, 6.07) is 3.57. The molecule has 5 heteroatoms. The molecule has 2 unspecified atom stereocenters. The van der Waals surface area contributed by atoms with E-state index in [1.165, 1.54) is 4.90 Å². The van der Waals surface area contributed by atoms with Gasteiger partial charge in [0.25, 0.3) is 0 Å². The van der Waals surface area contributed by atoms with Crippen LogP contribution in [0.25, 0.3) is 0 Å². The van der Waals surface area contributed by atoms with Crippen LogP contribution in [0.4, 0.5) is 11.4 Å². The van der Waals surface area contributed by atoms with Crippen LogP contribution in [0, 0.1) is 24.7 Å². The first-order valence-corrected chi connectivity index (χ1v) is 8.16. The molecule has 3 rings (SSSR count). The number of amides is 2. The lowest BCUT2D eigenvalue weighted by Gasteiger charge is -2.20. The summed E-state index contributed by atoms with van der Waals surface area (Å²) in [5.74, 6) is 0.0881. The molecule has 2 aliphatic rings. The Labute approximate surface area is 132 Å². The first-order chi connectivity index (χ1) is 9.93. The van der Waals surface area contributed by atoms with Crippen molar-refractivity contribution in [1.82, 2.24) is 0 Å². The number of nitrogens with two attached hydrogens (primary N) is 1. The molecule has 0 radical (unpaired) electrons. The van der Waals surface area contributed by atoms with Crippen molar-refractivity contribution in [2.45, 2.75) is 33.1 Å². The normalized spacial score (nSPS) is 28.3. The van der Waals surface area contributed by atoms with Gasteiger partial charge in [0.05, 0.1) is 17.5 Å². The van der Waals surface area contributed by atoms with Crippen molar-refractivity contribution < 1.29 is 9.59 Å². The van der Waals surface area contributed by atoms with Crippen molar-refractivity contribution >= 4 is 39.1 Å². The number of nitrogen functional groups attached to an aromatic ring is 1. The number of hydrogen-bond donors (Lipinski definition) is 1. The maximum Gasteiger partial charge on any atom is 0.237 e. The minimum atomic E-state index is -0.142. The quantitative estimate of drug-likeness (QED) is 0.657. The van der Waals surface area contributed by atoms with Crippen LogP contribution < -0.4 is 10.6 Å². The van der Waals surface area contributed by atoms with E-state index in [1.807, 2.05) is 13.0 Å². The number of aryl methyl sites for hydroxylation is 1. The van der Waals surface area contributed by atoms with E-state index in [2.05, 4.69) is 22.9 Å². The van der Waals surface area contributed by atoms with Gasteiger partial charge in [-0.3, -0.25) is 9.59 Å². The predicted octanol–water partition coefficient (Wildman–Crippen LogP) is 3.27. The molecule has 2 amide bonds. The average molecular weight is 351 g/mol. The van der Waals surface area contributed by atoms with Crippen molar-refractivity contribution in [3.8, 4) is 0 Å². The van der Waals surface area contributed by atoms with Crippen LogP contribution in [-0.2, 0) is 9.59 Å². The van der Waals surface area contributed by atoms with Crippen molar-refractivity contribution in [3.63, 3.8) is 0 Å². The molecule has 1 saturated carbocycles. The first kappa shape index (κ1) is 14.6. The van der Waals surface area contributed by atoms with Crippen molar-refractivity contribution in [1.29, 1.82) is 0 Å². The van der Waals surface area contributed by atoms with Crippen LogP contribution in [0.2, 0.25) is 0 Å². The van der Waals surface area contributed by atoms with E-state index in [9.17, 15) is 9.59 Å². The Balaban J connectivity index is 1.97. The van der Waals surface area contributed by atoms with Crippen LogP contribution >= 0.6 is 15.9 Å². The van der Waals surface area contributed by atoms with Gasteiger partial charge in [-0.05, 0) is 59.3 Å². The topological polar surface area (TPSA) is 63.4 Å². The molecular weight excluding hydrogens is 332 g/mol. The highest BCUT2D eigenvalue weighted by Gasteiger charge is 2.53. The molecule has 2 fully saturated rings. The fraction of sp³-hybridized carbons (Fsp3) is 0.500. The third kappa shape index (κ3) is 2.18. The third-order valence-electron chi connectivity index (χ3n) is 4.89. The molecular formula is C16H19BrN2O2. The van der Waals surface area contributed by atoms with E-state index >= 15 is 0 Å². The lowest BCUT2D eigenvalue weighted by molar-refractivity contribution is -0.123. The first-order valence-electron chi connectivity index (χ1n) is 7.37. The van der Waals surface area contributed by atoms with Gasteiger partial charge in [0, 0.05) is 10.2 Å². The zero-order valence-corrected chi connectivity index (χ0v) is 13.8. The maximum atomic E-state index is 12.7. The number of hydrogen-bond acceptors (Lipinski definition) is 3. The molecule has 112 valence electrons. The number of nitrogens with zero attached hydrogens (tertiary/aromatic N) is 1. The van der Waals surface area contributed by atoms with E-state index in [0.717, 1.165) is 29.3 Å². The van der Waals surface area contributed by atoms with Gasteiger partial charge in [-0.25, -0.2) is 4.90 Å². The number of benzene rings is 1. The highest BCUT2D eigenvalue weighted by atomic mass is 79.9. The predicted molar refractivity (Wildman–Crippen MR) is 85.8 cm³/mol. The summed E-state index contributed by atoms with van der Waals surface area (Å²) in [6.45, 7) is 4.02. The summed E-state index contributed by atoms with van der Waals surface area (Å²) in [6.07, 6.45) is 2.71. The summed E-state index contributed by atoms with van der Waals surface area (Å²) in [5.41, 5.74) is 8.04. The Morgan fingerprint density at radius 3 is 2.33 bits per heavy atom. The highest BCUT2D eigenvalue weighted by molar-refractivity contribution is 9.10. The Morgan fingerprint density at radius 1 is 1.24 bits per heavy atom. The van der Waals surface area contributed by atoms with Crippen molar-refractivity contribution in [2.24, 2.45) is 17.8 Å². The van der Waals surface area contributed by atoms with E-state index in [4.69, 9.17) is 5.73 Å². The Morgan fingerprint density at radius 2 is 1.81 bits per heavy atom. The second kappa shape index (κ2) is 5.13. The van der Waals surface area contributed by atoms with Gasteiger partial charge in [0.15, 0.2) is 0 Å².